The number of rotatable bonds is 2. The lowest BCUT2D eigenvalue weighted by Crippen LogP contribution is -2.17. The molecule has 1 aromatic carbocycles. The highest BCUT2D eigenvalue weighted by Crippen LogP contribution is 2.33. The van der Waals surface area contributed by atoms with Gasteiger partial charge in [-0.2, -0.15) is 0 Å². The topological polar surface area (TPSA) is 9.23 Å². The van der Waals surface area contributed by atoms with Crippen molar-refractivity contribution in [3.05, 3.63) is 27.7 Å². The third-order valence-corrected chi connectivity index (χ3v) is 2.72. The fourth-order valence-corrected chi connectivity index (χ4v) is 2.43. The molecule has 0 saturated heterocycles. The van der Waals surface area contributed by atoms with Gasteiger partial charge in [0.2, 0.25) is 0 Å². The Morgan fingerprint density at radius 3 is 2.00 bits per heavy atom. The van der Waals surface area contributed by atoms with Crippen LogP contribution in [0.4, 0.5) is 13.2 Å². The van der Waals surface area contributed by atoms with Gasteiger partial charge < -0.3 is 4.74 Å². The molecule has 0 aliphatic heterocycles. The summed E-state index contributed by atoms with van der Waals surface area (Å²) < 4.78 is 39.3. The van der Waals surface area contributed by atoms with E-state index in [2.05, 4.69) is 20.7 Å². The first-order chi connectivity index (χ1) is 6.83. The zero-order valence-electron chi connectivity index (χ0n) is 7.04. The summed E-state index contributed by atoms with van der Waals surface area (Å²) >= 11 is 14.5. The van der Waals surface area contributed by atoms with Crippen LogP contribution in [0.3, 0.4) is 0 Å². The minimum absolute atomic E-state index is 0.124. The number of halogens is 6. The zero-order valence-corrected chi connectivity index (χ0v) is 10.1. The monoisotopic (exact) mass is 322 g/mol. The molecule has 0 unspecified atom stereocenters. The first kappa shape index (κ1) is 12.9. The Morgan fingerprint density at radius 1 is 1.20 bits per heavy atom. The quantitative estimate of drug-likeness (QED) is 0.711. The summed E-state index contributed by atoms with van der Waals surface area (Å²) in [7, 11) is 0. The molecular formula is C8H4BrCl2F3O. The molecule has 0 aliphatic carbocycles. The lowest BCUT2D eigenvalue weighted by molar-refractivity contribution is -0.274. The fraction of sp³-hybridized carbons (Fsp3) is 0.250. The third-order valence-electron chi connectivity index (χ3n) is 1.48. The van der Waals surface area contributed by atoms with Crippen molar-refractivity contribution in [3.63, 3.8) is 0 Å². The van der Waals surface area contributed by atoms with Crippen LogP contribution in [0.5, 0.6) is 5.75 Å². The van der Waals surface area contributed by atoms with Crippen molar-refractivity contribution in [3.8, 4) is 5.75 Å². The van der Waals surface area contributed by atoms with Crippen molar-refractivity contribution in [2.24, 2.45) is 0 Å². The van der Waals surface area contributed by atoms with Crippen molar-refractivity contribution in [2.45, 2.75) is 11.7 Å². The highest BCUT2D eigenvalue weighted by molar-refractivity contribution is 9.08. The Labute approximate surface area is 102 Å². The van der Waals surface area contributed by atoms with Crippen molar-refractivity contribution in [1.82, 2.24) is 0 Å². The molecule has 15 heavy (non-hydrogen) atoms. The highest BCUT2D eigenvalue weighted by atomic mass is 79.9. The minimum atomic E-state index is -4.75. The van der Waals surface area contributed by atoms with E-state index in [0.717, 1.165) is 12.1 Å². The van der Waals surface area contributed by atoms with Gasteiger partial charge in [-0.15, -0.1) is 13.2 Å². The summed E-state index contributed by atoms with van der Waals surface area (Å²) in [6.45, 7) is 0. The van der Waals surface area contributed by atoms with Crippen LogP contribution in [-0.4, -0.2) is 6.36 Å². The molecule has 0 aliphatic rings. The molecule has 0 atom stereocenters. The van der Waals surface area contributed by atoms with Gasteiger partial charge in [0.05, 0.1) is 0 Å². The van der Waals surface area contributed by atoms with Gasteiger partial charge in [0.1, 0.15) is 5.75 Å². The Hall–Kier alpha value is -0.130. The SMILES string of the molecule is FC(F)(F)Oc1cc(Cl)c(CBr)c(Cl)c1. The molecule has 0 heterocycles. The summed E-state index contributed by atoms with van der Waals surface area (Å²) in [4.78, 5) is 0. The van der Waals surface area contributed by atoms with Crippen LogP contribution in [0.1, 0.15) is 5.56 Å². The van der Waals surface area contributed by atoms with E-state index in [1.807, 2.05) is 0 Å². The Bertz CT molecular complexity index is 344. The molecule has 0 amide bonds. The molecule has 0 N–H and O–H groups in total. The fourth-order valence-electron chi connectivity index (χ4n) is 0.900. The van der Waals surface area contributed by atoms with Gasteiger partial charge in [-0.05, 0) is 12.1 Å². The van der Waals surface area contributed by atoms with Gasteiger partial charge in [0.25, 0.3) is 0 Å². The van der Waals surface area contributed by atoms with Crippen LogP contribution in [-0.2, 0) is 5.33 Å². The van der Waals surface area contributed by atoms with Gasteiger partial charge in [0, 0.05) is 20.9 Å². The van der Waals surface area contributed by atoms with Crippen molar-refractivity contribution in [2.75, 3.05) is 0 Å². The summed E-state index contributed by atoms with van der Waals surface area (Å²) in [5, 5.41) is 0.606. The maximum Gasteiger partial charge on any atom is 0.573 e. The summed E-state index contributed by atoms with van der Waals surface area (Å²) in [5.41, 5.74) is 0.521. The maximum atomic E-state index is 11.9. The number of hydrogen-bond donors (Lipinski definition) is 0. The molecule has 1 aromatic rings. The van der Waals surface area contributed by atoms with Crippen LogP contribution in [0.15, 0.2) is 12.1 Å². The van der Waals surface area contributed by atoms with Crippen LogP contribution in [0, 0.1) is 0 Å². The Balaban J connectivity index is 3.04. The van der Waals surface area contributed by atoms with Gasteiger partial charge in [0.15, 0.2) is 0 Å². The first-order valence-electron chi connectivity index (χ1n) is 3.63. The summed E-state index contributed by atoms with van der Waals surface area (Å²) in [5.74, 6) is -0.429. The zero-order chi connectivity index (χ0) is 11.6. The summed E-state index contributed by atoms with van der Waals surface area (Å²) in [6, 6.07) is 2.13. The smallest absolute Gasteiger partial charge is 0.406 e. The average Bonchev–Trinajstić information content (AvgIpc) is 1.99. The Morgan fingerprint density at radius 2 is 1.67 bits per heavy atom. The number of ether oxygens (including phenoxy) is 1. The van der Waals surface area contributed by atoms with Crippen LogP contribution < -0.4 is 4.74 Å². The molecule has 0 spiro atoms. The predicted octanol–water partition coefficient (Wildman–Crippen LogP) is 4.79. The molecule has 7 heteroatoms. The average molecular weight is 324 g/mol. The van der Waals surface area contributed by atoms with E-state index in [-0.39, 0.29) is 10.0 Å². The lowest BCUT2D eigenvalue weighted by Gasteiger charge is -2.11. The van der Waals surface area contributed by atoms with Gasteiger partial charge in [-0.25, -0.2) is 0 Å². The highest BCUT2D eigenvalue weighted by Gasteiger charge is 2.31. The molecular weight excluding hydrogens is 320 g/mol. The lowest BCUT2D eigenvalue weighted by atomic mass is 10.2. The number of benzene rings is 1. The number of hydrogen-bond acceptors (Lipinski definition) is 1. The van der Waals surface area contributed by atoms with Crippen LogP contribution >= 0.6 is 39.1 Å². The minimum Gasteiger partial charge on any atom is -0.406 e. The van der Waals surface area contributed by atoms with Crippen molar-refractivity contribution in [1.29, 1.82) is 0 Å². The van der Waals surface area contributed by atoms with Gasteiger partial charge >= 0.3 is 6.36 Å². The molecule has 0 fully saturated rings. The molecule has 0 bridgehead atoms. The van der Waals surface area contributed by atoms with E-state index in [0.29, 0.717) is 10.9 Å². The van der Waals surface area contributed by atoms with Crippen molar-refractivity contribution < 1.29 is 17.9 Å². The van der Waals surface area contributed by atoms with Gasteiger partial charge in [-0.3, -0.25) is 0 Å². The largest absolute Gasteiger partial charge is 0.573 e. The molecule has 0 radical (unpaired) electrons. The molecule has 1 rings (SSSR count). The Kier molecular flexibility index (Phi) is 4.14. The molecule has 0 saturated carbocycles. The second kappa shape index (κ2) is 4.80. The van der Waals surface area contributed by atoms with Crippen molar-refractivity contribution >= 4 is 39.1 Å². The third kappa shape index (κ3) is 3.74. The van der Waals surface area contributed by atoms with Gasteiger partial charge in [-0.1, -0.05) is 39.1 Å². The first-order valence-corrected chi connectivity index (χ1v) is 5.51. The van der Waals surface area contributed by atoms with E-state index < -0.39 is 12.1 Å². The van der Waals surface area contributed by atoms with E-state index in [9.17, 15) is 13.2 Å². The summed E-state index contributed by atoms with van der Waals surface area (Å²) in [6.07, 6.45) is -4.75. The second-order valence-corrected chi connectivity index (χ2v) is 3.92. The maximum absolute atomic E-state index is 11.9. The van der Waals surface area contributed by atoms with E-state index in [1.165, 1.54) is 0 Å². The van der Waals surface area contributed by atoms with E-state index in [1.54, 1.807) is 0 Å². The molecule has 1 nitrogen and oxygen atoms in total. The molecule has 0 aromatic heterocycles. The van der Waals surface area contributed by atoms with Crippen LogP contribution in [0.2, 0.25) is 10.0 Å². The number of alkyl halides is 4. The second-order valence-electron chi connectivity index (χ2n) is 2.55. The van der Waals surface area contributed by atoms with Crippen LogP contribution in [0.25, 0.3) is 0 Å². The normalized spacial score (nSPS) is 11.6. The van der Waals surface area contributed by atoms with E-state index in [4.69, 9.17) is 23.2 Å². The predicted molar refractivity (Wildman–Crippen MR) is 55.8 cm³/mol. The van der Waals surface area contributed by atoms with E-state index >= 15 is 0 Å². The standard InChI is InChI=1S/C8H4BrCl2F3O/c9-3-5-6(10)1-4(2-7(5)11)15-8(12,13)14/h1-2H,3H2. The molecule has 84 valence electrons.